The summed E-state index contributed by atoms with van der Waals surface area (Å²) in [5.41, 5.74) is 3.08. The zero-order valence-electron chi connectivity index (χ0n) is 13.6. The average Bonchev–Trinajstić information content (AvgIpc) is 2.46. The summed E-state index contributed by atoms with van der Waals surface area (Å²) < 4.78 is 0. The van der Waals surface area contributed by atoms with Gasteiger partial charge in [-0.05, 0) is 36.8 Å². The highest BCUT2D eigenvalue weighted by Crippen LogP contribution is 2.12. The number of hydrogen-bond acceptors (Lipinski definition) is 4. The van der Waals surface area contributed by atoms with Gasteiger partial charge in [0.15, 0.2) is 0 Å². The van der Waals surface area contributed by atoms with Crippen molar-refractivity contribution < 1.29 is 4.79 Å². The first kappa shape index (κ1) is 17.4. The third kappa shape index (κ3) is 6.12. The van der Waals surface area contributed by atoms with E-state index >= 15 is 0 Å². The molecule has 0 saturated carbocycles. The molecule has 0 radical (unpaired) electrons. The quantitative estimate of drug-likeness (QED) is 0.571. The lowest BCUT2D eigenvalue weighted by Gasteiger charge is -2.24. The Morgan fingerprint density at radius 2 is 1.76 bits per heavy atom. The molecule has 0 aromatic carbocycles. The van der Waals surface area contributed by atoms with Crippen molar-refractivity contribution in [1.82, 2.24) is 9.88 Å². The second-order valence-corrected chi connectivity index (χ2v) is 6.23. The molecule has 0 aliphatic rings. The summed E-state index contributed by atoms with van der Waals surface area (Å²) >= 11 is 0. The second kappa shape index (κ2) is 8.62. The molecule has 5 heteroatoms. The Morgan fingerprint density at radius 3 is 2.14 bits per heavy atom. The highest BCUT2D eigenvalue weighted by molar-refractivity contribution is 5.94. The van der Waals surface area contributed by atoms with Crippen molar-refractivity contribution >= 4 is 11.7 Å². The van der Waals surface area contributed by atoms with Crippen LogP contribution in [-0.2, 0) is 0 Å². The SMILES string of the molecule is CC(C)CCN(CCC(C)C)C(=O)c1ccc(NN)nc1. The molecule has 0 aliphatic carbocycles. The molecule has 118 valence electrons. The van der Waals surface area contributed by atoms with Crippen LogP contribution in [0.25, 0.3) is 0 Å². The van der Waals surface area contributed by atoms with E-state index in [1.54, 1.807) is 18.3 Å². The summed E-state index contributed by atoms with van der Waals surface area (Å²) in [6, 6.07) is 3.48. The van der Waals surface area contributed by atoms with E-state index in [-0.39, 0.29) is 5.91 Å². The van der Waals surface area contributed by atoms with Crippen LogP contribution in [0.4, 0.5) is 5.82 Å². The minimum Gasteiger partial charge on any atom is -0.339 e. The maximum Gasteiger partial charge on any atom is 0.255 e. The number of nitrogen functional groups attached to an aromatic ring is 1. The van der Waals surface area contributed by atoms with Crippen molar-refractivity contribution in [2.75, 3.05) is 18.5 Å². The van der Waals surface area contributed by atoms with Gasteiger partial charge in [0, 0.05) is 19.3 Å². The third-order valence-electron chi connectivity index (χ3n) is 3.40. The van der Waals surface area contributed by atoms with Crippen LogP contribution >= 0.6 is 0 Å². The minimum atomic E-state index is 0.0485. The molecule has 5 nitrogen and oxygen atoms in total. The fourth-order valence-corrected chi connectivity index (χ4v) is 1.93. The minimum absolute atomic E-state index is 0.0485. The number of amides is 1. The number of hydrogen-bond donors (Lipinski definition) is 2. The largest absolute Gasteiger partial charge is 0.339 e. The molecule has 3 N–H and O–H groups in total. The number of rotatable bonds is 8. The van der Waals surface area contributed by atoms with E-state index in [0.717, 1.165) is 25.9 Å². The van der Waals surface area contributed by atoms with Crippen LogP contribution in [0.2, 0.25) is 0 Å². The van der Waals surface area contributed by atoms with Gasteiger partial charge in [-0.2, -0.15) is 0 Å². The Morgan fingerprint density at radius 1 is 1.19 bits per heavy atom. The summed E-state index contributed by atoms with van der Waals surface area (Å²) in [7, 11) is 0. The maximum atomic E-state index is 12.6. The van der Waals surface area contributed by atoms with Crippen LogP contribution in [0.1, 0.15) is 50.9 Å². The number of carbonyl (C=O) groups is 1. The summed E-state index contributed by atoms with van der Waals surface area (Å²) in [6.07, 6.45) is 3.61. The first-order chi connectivity index (χ1) is 9.93. The van der Waals surface area contributed by atoms with Crippen LogP contribution in [0, 0.1) is 11.8 Å². The number of nitrogens with two attached hydrogens (primary N) is 1. The van der Waals surface area contributed by atoms with E-state index in [1.807, 2.05) is 4.90 Å². The van der Waals surface area contributed by atoms with Gasteiger partial charge in [0.2, 0.25) is 0 Å². The average molecular weight is 292 g/mol. The zero-order valence-corrected chi connectivity index (χ0v) is 13.6. The monoisotopic (exact) mass is 292 g/mol. The lowest BCUT2D eigenvalue weighted by Crippen LogP contribution is -2.34. The first-order valence-corrected chi connectivity index (χ1v) is 7.66. The number of aromatic nitrogens is 1. The van der Waals surface area contributed by atoms with Gasteiger partial charge in [-0.3, -0.25) is 4.79 Å². The molecule has 1 rings (SSSR count). The molecule has 1 aromatic heterocycles. The van der Waals surface area contributed by atoms with E-state index in [4.69, 9.17) is 5.84 Å². The standard InChI is InChI=1S/C16H28N4O/c1-12(2)7-9-20(10-8-13(3)4)16(21)14-5-6-15(19-17)18-11-14/h5-6,11-13H,7-10,17H2,1-4H3,(H,18,19). The number of carbonyl (C=O) groups excluding carboxylic acids is 1. The Bertz CT molecular complexity index is 416. The number of nitrogens with one attached hydrogen (secondary N) is 1. The molecule has 0 spiro atoms. The fraction of sp³-hybridized carbons (Fsp3) is 0.625. The van der Waals surface area contributed by atoms with Crippen molar-refractivity contribution in [3.63, 3.8) is 0 Å². The molecular weight excluding hydrogens is 264 g/mol. The Balaban J connectivity index is 2.75. The van der Waals surface area contributed by atoms with Crippen molar-refractivity contribution in [3.05, 3.63) is 23.9 Å². The zero-order chi connectivity index (χ0) is 15.8. The predicted octanol–water partition coefficient (Wildman–Crippen LogP) is 2.90. The van der Waals surface area contributed by atoms with Gasteiger partial charge < -0.3 is 10.3 Å². The summed E-state index contributed by atoms with van der Waals surface area (Å²) in [4.78, 5) is 18.6. The van der Waals surface area contributed by atoms with Crippen molar-refractivity contribution in [1.29, 1.82) is 0 Å². The molecular formula is C16H28N4O. The Labute approximate surface area is 127 Å². The highest BCUT2D eigenvalue weighted by atomic mass is 16.2. The van der Waals surface area contributed by atoms with Crippen LogP contribution in [0.5, 0.6) is 0 Å². The normalized spacial score (nSPS) is 11.0. The molecule has 0 unspecified atom stereocenters. The lowest BCUT2D eigenvalue weighted by atomic mass is 10.1. The molecule has 1 amide bonds. The topological polar surface area (TPSA) is 71.2 Å². The first-order valence-electron chi connectivity index (χ1n) is 7.66. The van der Waals surface area contributed by atoms with Crippen LogP contribution in [0.15, 0.2) is 18.3 Å². The molecule has 0 atom stereocenters. The second-order valence-electron chi connectivity index (χ2n) is 6.23. The highest BCUT2D eigenvalue weighted by Gasteiger charge is 2.16. The van der Waals surface area contributed by atoms with E-state index < -0.39 is 0 Å². The van der Waals surface area contributed by atoms with Gasteiger partial charge in [-0.15, -0.1) is 0 Å². The van der Waals surface area contributed by atoms with Gasteiger partial charge in [0.25, 0.3) is 5.91 Å². The van der Waals surface area contributed by atoms with Gasteiger partial charge in [0.05, 0.1) is 5.56 Å². The number of pyridine rings is 1. The van der Waals surface area contributed by atoms with Crippen LogP contribution in [0.3, 0.4) is 0 Å². The van der Waals surface area contributed by atoms with Crippen molar-refractivity contribution in [2.45, 2.75) is 40.5 Å². The van der Waals surface area contributed by atoms with E-state index in [9.17, 15) is 4.79 Å². The Kier molecular flexibility index (Phi) is 7.15. The van der Waals surface area contributed by atoms with E-state index in [1.165, 1.54) is 0 Å². The van der Waals surface area contributed by atoms with Crippen molar-refractivity contribution in [3.8, 4) is 0 Å². The molecule has 0 bridgehead atoms. The van der Waals surface area contributed by atoms with Gasteiger partial charge >= 0.3 is 0 Å². The molecule has 21 heavy (non-hydrogen) atoms. The molecule has 1 aromatic rings. The Hall–Kier alpha value is -1.62. The number of hydrazine groups is 1. The van der Waals surface area contributed by atoms with E-state index in [2.05, 4.69) is 38.1 Å². The summed E-state index contributed by atoms with van der Waals surface area (Å²) in [6.45, 7) is 10.3. The lowest BCUT2D eigenvalue weighted by molar-refractivity contribution is 0.0740. The van der Waals surface area contributed by atoms with E-state index in [0.29, 0.717) is 23.2 Å². The van der Waals surface area contributed by atoms with Gasteiger partial charge in [-0.25, -0.2) is 10.8 Å². The van der Waals surface area contributed by atoms with Crippen LogP contribution in [-0.4, -0.2) is 28.9 Å². The van der Waals surface area contributed by atoms with Crippen LogP contribution < -0.4 is 11.3 Å². The fourth-order valence-electron chi connectivity index (χ4n) is 1.93. The summed E-state index contributed by atoms with van der Waals surface area (Å²) in [5, 5.41) is 0. The molecule has 1 heterocycles. The molecule has 0 fully saturated rings. The maximum absolute atomic E-state index is 12.6. The number of nitrogens with zero attached hydrogens (tertiary/aromatic N) is 2. The van der Waals surface area contributed by atoms with Gasteiger partial charge in [0.1, 0.15) is 5.82 Å². The molecule has 0 aliphatic heterocycles. The number of anilines is 1. The smallest absolute Gasteiger partial charge is 0.255 e. The summed E-state index contributed by atoms with van der Waals surface area (Å²) in [5.74, 6) is 7.07. The van der Waals surface area contributed by atoms with Gasteiger partial charge in [-0.1, -0.05) is 27.7 Å². The third-order valence-corrected chi connectivity index (χ3v) is 3.40. The van der Waals surface area contributed by atoms with Crippen molar-refractivity contribution in [2.24, 2.45) is 17.7 Å². The molecule has 0 saturated heterocycles. The predicted molar refractivity (Wildman–Crippen MR) is 86.9 cm³/mol.